The molecule has 7 heteroatoms. The third kappa shape index (κ3) is 2.21. The Labute approximate surface area is 137 Å². The lowest BCUT2D eigenvalue weighted by atomic mass is 10.1. The van der Waals surface area contributed by atoms with Gasteiger partial charge in [-0.25, -0.2) is 4.98 Å². The van der Waals surface area contributed by atoms with Crippen molar-refractivity contribution in [2.75, 3.05) is 18.0 Å². The van der Waals surface area contributed by atoms with E-state index < -0.39 is 0 Å². The number of nitrogens with zero attached hydrogens (tertiary/aromatic N) is 4. The minimum absolute atomic E-state index is 0.477. The van der Waals surface area contributed by atoms with Gasteiger partial charge in [0.25, 0.3) is 0 Å². The third-order valence-electron chi connectivity index (χ3n) is 3.98. The predicted molar refractivity (Wildman–Crippen MR) is 88.6 cm³/mol. The lowest BCUT2D eigenvalue weighted by Crippen LogP contribution is -2.19. The number of benzene rings is 1. The largest absolute Gasteiger partial charge is 0.357 e. The molecule has 0 saturated carbocycles. The SMILES string of the molecule is Clc1ccc2c(-c3cn[nH]n3)cc(N3CCCC3)nc2c1Cl. The Kier molecular flexibility index (Phi) is 3.39. The number of anilines is 1. The van der Waals surface area contributed by atoms with E-state index in [0.717, 1.165) is 35.6 Å². The van der Waals surface area contributed by atoms with Crippen molar-refractivity contribution in [3.63, 3.8) is 0 Å². The Balaban J connectivity index is 2.01. The molecule has 2 aromatic heterocycles. The molecule has 0 amide bonds. The smallest absolute Gasteiger partial charge is 0.129 e. The molecule has 1 aliphatic heterocycles. The van der Waals surface area contributed by atoms with Crippen LogP contribution in [0.15, 0.2) is 24.4 Å². The second-order valence-electron chi connectivity index (χ2n) is 5.33. The van der Waals surface area contributed by atoms with E-state index in [2.05, 4.69) is 26.4 Å². The fraction of sp³-hybridized carbons (Fsp3) is 0.267. The van der Waals surface area contributed by atoms with Gasteiger partial charge in [0.05, 0.1) is 21.8 Å². The van der Waals surface area contributed by atoms with Crippen molar-refractivity contribution in [1.29, 1.82) is 0 Å². The first-order valence-corrected chi connectivity index (χ1v) is 7.89. The van der Waals surface area contributed by atoms with Crippen molar-refractivity contribution in [1.82, 2.24) is 20.4 Å². The fourth-order valence-electron chi connectivity index (χ4n) is 2.87. The number of fused-ring (bicyclic) bond motifs is 1. The highest BCUT2D eigenvalue weighted by atomic mass is 35.5. The summed E-state index contributed by atoms with van der Waals surface area (Å²) in [6, 6.07) is 5.76. The van der Waals surface area contributed by atoms with Gasteiger partial charge >= 0.3 is 0 Å². The molecule has 1 aromatic carbocycles. The van der Waals surface area contributed by atoms with Crippen molar-refractivity contribution in [2.24, 2.45) is 0 Å². The molecule has 0 spiro atoms. The molecule has 0 atom stereocenters. The zero-order valence-electron chi connectivity index (χ0n) is 11.7. The van der Waals surface area contributed by atoms with Gasteiger partial charge in [0.2, 0.25) is 0 Å². The molecule has 0 aliphatic carbocycles. The summed E-state index contributed by atoms with van der Waals surface area (Å²) in [6.45, 7) is 2.02. The molecule has 112 valence electrons. The average molecular weight is 334 g/mol. The Morgan fingerprint density at radius 1 is 1.14 bits per heavy atom. The van der Waals surface area contributed by atoms with E-state index in [9.17, 15) is 0 Å². The summed E-state index contributed by atoms with van der Waals surface area (Å²) < 4.78 is 0. The second kappa shape index (κ2) is 5.41. The lowest BCUT2D eigenvalue weighted by Gasteiger charge is -2.18. The Hall–Kier alpha value is -1.85. The Morgan fingerprint density at radius 2 is 1.95 bits per heavy atom. The number of pyridine rings is 1. The monoisotopic (exact) mass is 333 g/mol. The molecule has 5 nitrogen and oxygen atoms in total. The first-order chi connectivity index (χ1) is 10.7. The first kappa shape index (κ1) is 13.8. The lowest BCUT2D eigenvalue weighted by molar-refractivity contribution is 0.938. The average Bonchev–Trinajstić information content (AvgIpc) is 3.23. The van der Waals surface area contributed by atoms with Gasteiger partial charge in [-0.1, -0.05) is 29.3 Å². The summed E-state index contributed by atoms with van der Waals surface area (Å²) in [4.78, 5) is 7.00. The topological polar surface area (TPSA) is 57.7 Å². The van der Waals surface area contributed by atoms with Crippen LogP contribution in [0.4, 0.5) is 5.82 Å². The van der Waals surface area contributed by atoms with Crippen LogP contribution >= 0.6 is 23.2 Å². The molecule has 1 saturated heterocycles. The number of H-pyrrole nitrogens is 1. The Bertz CT molecular complexity index is 826. The molecule has 22 heavy (non-hydrogen) atoms. The van der Waals surface area contributed by atoms with Crippen LogP contribution in [0.2, 0.25) is 10.0 Å². The maximum Gasteiger partial charge on any atom is 0.129 e. The van der Waals surface area contributed by atoms with Gasteiger partial charge in [0.1, 0.15) is 11.5 Å². The number of hydrogen-bond acceptors (Lipinski definition) is 4. The van der Waals surface area contributed by atoms with Crippen LogP contribution in [0.1, 0.15) is 12.8 Å². The van der Waals surface area contributed by atoms with Crippen LogP contribution in [0.5, 0.6) is 0 Å². The molecule has 0 radical (unpaired) electrons. The van der Waals surface area contributed by atoms with Gasteiger partial charge < -0.3 is 4.90 Å². The summed E-state index contributed by atoms with van der Waals surface area (Å²) in [6.07, 6.45) is 4.07. The van der Waals surface area contributed by atoms with E-state index in [1.165, 1.54) is 12.8 Å². The predicted octanol–water partition coefficient (Wildman–Crippen LogP) is 3.93. The van der Waals surface area contributed by atoms with Crippen LogP contribution in [0.3, 0.4) is 0 Å². The molecular formula is C15H13Cl2N5. The Morgan fingerprint density at radius 3 is 2.68 bits per heavy atom. The number of nitrogens with one attached hydrogen (secondary N) is 1. The van der Waals surface area contributed by atoms with Crippen molar-refractivity contribution in [2.45, 2.75) is 12.8 Å². The normalized spacial score (nSPS) is 14.9. The summed E-state index contributed by atoms with van der Waals surface area (Å²) in [7, 11) is 0. The van der Waals surface area contributed by atoms with E-state index in [-0.39, 0.29) is 0 Å². The van der Waals surface area contributed by atoms with Crippen LogP contribution in [-0.2, 0) is 0 Å². The number of aromatic amines is 1. The van der Waals surface area contributed by atoms with E-state index >= 15 is 0 Å². The quantitative estimate of drug-likeness (QED) is 0.771. The number of halogens is 2. The van der Waals surface area contributed by atoms with Crippen molar-refractivity contribution in [3.8, 4) is 11.3 Å². The van der Waals surface area contributed by atoms with Gasteiger partial charge in [-0.15, -0.1) is 0 Å². The van der Waals surface area contributed by atoms with Crippen molar-refractivity contribution < 1.29 is 0 Å². The highest BCUT2D eigenvalue weighted by Gasteiger charge is 2.19. The molecule has 0 unspecified atom stereocenters. The molecule has 4 rings (SSSR count). The summed E-state index contributed by atoms with van der Waals surface area (Å²) >= 11 is 12.5. The molecule has 3 heterocycles. The zero-order valence-corrected chi connectivity index (χ0v) is 13.2. The van der Waals surface area contributed by atoms with Gasteiger partial charge in [-0.3, -0.25) is 0 Å². The van der Waals surface area contributed by atoms with Crippen LogP contribution < -0.4 is 4.90 Å². The minimum atomic E-state index is 0.477. The van der Waals surface area contributed by atoms with E-state index in [0.29, 0.717) is 15.6 Å². The number of rotatable bonds is 2. The fourth-order valence-corrected chi connectivity index (χ4v) is 3.23. The van der Waals surface area contributed by atoms with E-state index in [1.54, 1.807) is 12.3 Å². The molecule has 3 aromatic rings. The standard InChI is InChI=1S/C15H13Cl2N5/c16-11-4-3-9-10(12-8-18-21-20-12)7-13(19-15(9)14(11)17)22-5-1-2-6-22/h3-4,7-8H,1-2,5-6H2,(H,18,20,21). The van der Waals surface area contributed by atoms with Gasteiger partial charge in [-0.2, -0.15) is 15.4 Å². The van der Waals surface area contributed by atoms with Crippen LogP contribution in [0.25, 0.3) is 22.2 Å². The van der Waals surface area contributed by atoms with Crippen molar-refractivity contribution >= 4 is 39.9 Å². The second-order valence-corrected chi connectivity index (χ2v) is 6.12. The summed E-state index contributed by atoms with van der Waals surface area (Å²) in [5.74, 6) is 0.909. The zero-order chi connectivity index (χ0) is 15.1. The highest BCUT2D eigenvalue weighted by Crippen LogP contribution is 2.37. The van der Waals surface area contributed by atoms with Crippen molar-refractivity contribution in [3.05, 3.63) is 34.4 Å². The number of aromatic nitrogens is 4. The number of hydrogen-bond donors (Lipinski definition) is 1. The highest BCUT2D eigenvalue weighted by molar-refractivity contribution is 6.45. The van der Waals surface area contributed by atoms with Crippen LogP contribution in [0, 0.1) is 0 Å². The van der Waals surface area contributed by atoms with E-state index in [4.69, 9.17) is 28.2 Å². The van der Waals surface area contributed by atoms with Gasteiger partial charge in [0.15, 0.2) is 0 Å². The summed E-state index contributed by atoms with van der Waals surface area (Å²) in [5.41, 5.74) is 2.43. The minimum Gasteiger partial charge on any atom is -0.357 e. The maximum atomic E-state index is 6.38. The molecule has 1 aliphatic rings. The van der Waals surface area contributed by atoms with E-state index in [1.807, 2.05) is 6.07 Å². The molecule has 0 bridgehead atoms. The first-order valence-electron chi connectivity index (χ1n) is 7.14. The maximum absolute atomic E-state index is 6.38. The summed E-state index contributed by atoms with van der Waals surface area (Å²) in [5, 5.41) is 12.7. The molecular weight excluding hydrogens is 321 g/mol. The van der Waals surface area contributed by atoms with Crippen LogP contribution in [-0.4, -0.2) is 33.5 Å². The van der Waals surface area contributed by atoms with Gasteiger partial charge in [-0.05, 0) is 25.0 Å². The molecule has 1 N–H and O–H groups in total. The van der Waals surface area contributed by atoms with Gasteiger partial charge in [0, 0.05) is 24.0 Å². The third-order valence-corrected chi connectivity index (χ3v) is 4.77. The molecule has 1 fully saturated rings.